The topological polar surface area (TPSA) is 47.3 Å². The maximum absolute atomic E-state index is 13.1. The highest BCUT2D eigenvalue weighted by Crippen LogP contribution is 2.20. The lowest BCUT2D eigenvalue weighted by atomic mass is 10.1. The van der Waals surface area contributed by atoms with Crippen molar-refractivity contribution in [2.45, 2.75) is 6.54 Å². The first-order valence-electron chi connectivity index (χ1n) is 8.02. The number of benzene rings is 2. The van der Waals surface area contributed by atoms with Crippen LogP contribution in [0.5, 0.6) is 0 Å². The average Bonchev–Trinajstić information content (AvgIpc) is 2.64. The Balaban J connectivity index is 1.59. The van der Waals surface area contributed by atoms with E-state index in [1.165, 1.54) is 12.1 Å². The van der Waals surface area contributed by atoms with Crippen LogP contribution in [0.15, 0.2) is 42.5 Å². The number of amides is 1. The van der Waals surface area contributed by atoms with Gasteiger partial charge in [0.1, 0.15) is 5.82 Å². The number of hydrogen-bond donors (Lipinski definition) is 0. The molecule has 1 fully saturated rings. The van der Waals surface area contributed by atoms with E-state index in [2.05, 4.69) is 11.0 Å². The number of carbonyl (C=O) groups is 1. The van der Waals surface area contributed by atoms with Gasteiger partial charge in [0.2, 0.25) is 0 Å². The van der Waals surface area contributed by atoms with Crippen LogP contribution in [0.2, 0.25) is 5.02 Å². The molecule has 0 atom stereocenters. The molecule has 1 aliphatic rings. The molecule has 3 rings (SSSR count). The van der Waals surface area contributed by atoms with Gasteiger partial charge in [-0.25, -0.2) is 4.39 Å². The Hall–Kier alpha value is -2.42. The maximum atomic E-state index is 13.1. The number of halogens is 2. The molecule has 25 heavy (non-hydrogen) atoms. The quantitative estimate of drug-likeness (QED) is 0.846. The van der Waals surface area contributed by atoms with E-state index >= 15 is 0 Å². The highest BCUT2D eigenvalue weighted by atomic mass is 35.5. The van der Waals surface area contributed by atoms with Crippen molar-refractivity contribution in [1.29, 1.82) is 5.26 Å². The number of hydrogen-bond acceptors (Lipinski definition) is 3. The van der Waals surface area contributed by atoms with Crippen LogP contribution in [-0.2, 0) is 6.54 Å². The summed E-state index contributed by atoms with van der Waals surface area (Å²) in [5.41, 5.74) is 1.90. The predicted molar refractivity (Wildman–Crippen MR) is 93.7 cm³/mol. The molecule has 0 radical (unpaired) electrons. The third-order valence-electron chi connectivity index (χ3n) is 4.31. The largest absolute Gasteiger partial charge is 0.336 e. The van der Waals surface area contributed by atoms with E-state index in [1.807, 2.05) is 0 Å². The molecule has 1 amide bonds. The number of piperazine rings is 1. The Morgan fingerprint density at radius 2 is 1.92 bits per heavy atom. The van der Waals surface area contributed by atoms with Crippen molar-refractivity contribution in [3.63, 3.8) is 0 Å². The summed E-state index contributed by atoms with van der Waals surface area (Å²) in [5.74, 6) is -0.402. The van der Waals surface area contributed by atoms with Gasteiger partial charge in [-0.3, -0.25) is 9.69 Å². The van der Waals surface area contributed by atoms with Crippen LogP contribution >= 0.6 is 11.6 Å². The first kappa shape index (κ1) is 17.4. The fraction of sp³-hybridized carbons (Fsp3) is 0.263. The lowest BCUT2D eigenvalue weighted by molar-refractivity contribution is 0.0628. The monoisotopic (exact) mass is 357 g/mol. The van der Waals surface area contributed by atoms with Crippen LogP contribution in [-0.4, -0.2) is 41.9 Å². The van der Waals surface area contributed by atoms with Crippen LogP contribution in [0.25, 0.3) is 0 Å². The zero-order chi connectivity index (χ0) is 17.8. The summed E-state index contributed by atoms with van der Waals surface area (Å²) >= 11 is 6.08. The normalized spacial score (nSPS) is 15.0. The first-order chi connectivity index (χ1) is 12.1. The Labute approximate surface area is 151 Å². The minimum atomic E-state index is -0.344. The van der Waals surface area contributed by atoms with Crippen LogP contribution in [0.3, 0.4) is 0 Å². The average molecular weight is 358 g/mol. The highest BCUT2D eigenvalue weighted by Gasteiger charge is 2.22. The lowest BCUT2D eigenvalue weighted by Gasteiger charge is -2.35. The van der Waals surface area contributed by atoms with Crippen molar-refractivity contribution < 1.29 is 9.18 Å². The van der Waals surface area contributed by atoms with Gasteiger partial charge < -0.3 is 4.90 Å². The molecule has 0 spiro atoms. The molecule has 0 N–H and O–H groups in total. The van der Waals surface area contributed by atoms with Gasteiger partial charge in [-0.05, 0) is 35.9 Å². The molecule has 2 aromatic rings. The van der Waals surface area contributed by atoms with Gasteiger partial charge in [-0.15, -0.1) is 0 Å². The molecular weight excluding hydrogens is 341 g/mol. The Bertz CT molecular complexity index is 826. The minimum absolute atomic E-state index is 0.0587. The number of rotatable bonds is 3. The van der Waals surface area contributed by atoms with Crippen LogP contribution in [0.4, 0.5) is 4.39 Å². The van der Waals surface area contributed by atoms with Gasteiger partial charge in [0.15, 0.2) is 0 Å². The summed E-state index contributed by atoms with van der Waals surface area (Å²) in [4.78, 5) is 16.5. The smallest absolute Gasteiger partial charge is 0.253 e. The molecule has 1 aliphatic heterocycles. The van der Waals surface area contributed by atoms with E-state index in [9.17, 15) is 9.18 Å². The van der Waals surface area contributed by atoms with Gasteiger partial charge in [0, 0.05) is 43.3 Å². The van der Waals surface area contributed by atoms with Gasteiger partial charge in [-0.1, -0.05) is 23.7 Å². The summed E-state index contributed by atoms with van der Waals surface area (Å²) < 4.78 is 13.1. The van der Waals surface area contributed by atoms with E-state index in [0.717, 1.165) is 18.7 Å². The molecule has 128 valence electrons. The van der Waals surface area contributed by atoms with E-state index in [1.54, 1.807) is 35.2 Å². The van der Waals surface area contributed by atoms with Crippen molar-refractivity contribution >= 4 is 17.5 Å². The molecule has 6 heteroatoms. The fourth-order valence-corrected chi connectivity index (χ4v) is 3.13. The van der Waals surface area contributed by atoms with Crippen molar-refractivity contribution in [1.82, 2.24) is 9.80 Å². The summed E-state index contributed by atoms with van der Waals surface area (Å²) in [6.07, 6.45) is 0. The second kappa shape index (κ2) is 7.64. The Kier molecular flexibility index (Phi) is 5.32. The molecule has 2 aromatic carbocycles. The minimum Gasteiger partial charge on any atom is -0.336 e. The molecule has 0 aliphatic carbocycles. The first-order valence-corrected chi connectivity index (χ1v) is 8.40. The second-order valence-corrected chi connectivity index (χ2v) is 6.40. The Morgan fingerprint density at radius 1 is 1.16 bits per heavy atom. The predicted octanol–water partition coefficient (Wildman–Crippen LogP) is 3.31. The van der Waals surface area contributed by atoms with E-state index < -0.39 is 0 Å². The summed E-state index contributed by atoms with van der Waals surface area (Å²) in [6, 6.07) is 13.2. The fourth-order valence-electron chi connectivity index (χ4n) is 2.90. The van der Waals surface area contributed by atoms with Crippen molar-refractivity contribution in [2.75, 3.05) is 26.2 Å². The summed E-state index contributed by atoms with van der Waals surface area (Å²) in [5, 5.41) is 9.38. The van der Waals surface area contributed by atoms with Crippen molar-refractivity contribution in [3.05, 3.63) is 70.0 Å². The summed E-state index contributed by atoms with van der Waals surface area (Å²) in [7, 11) is 0. The third kappa shape index (κ3) is 4.16. The van der Waals surface area contributed by atoms with Gasteiger partial charge in [0.05, 0.1) is 11.6 Å². The highest BCUT2D eigenvalue weighted by molar-refractivity contribution is 6.31. The molecule has 0 bridgehead atoms. The molecule has 0 saturated carbocycles. The number of nitriles is 1. The van der Waals surface area contributed by atoms with Crippen LogP contribution in [0.1, 0.15) is 21.5 Å². The van der Waals surface area contributed by atoms with E-state index in [4.69, 9.17) is 16.9 Å². The standard InChI is InChI=1S/C19H17ClFN3O/c20-18-11-17(21)5-4-16(18)13-23-6-8-24(9-7-23)19(25)15-3-1-2-14(10-15)12-22/h1-5,10-11H,6-9,13H2. The van der Waals surface area contributed by atoms with Crippen molar-refractivity contribution in [3.8, 4) is 6.07 Å². The van der Waals surface area contributed by atoms with Gasteiger partial charge in [0.25, 0.3) is 5.91 Å². The number of carbonyl (C=O) groups excluding carboxylic acids is 1. The van der Waals surface area contributed by atoms with Gasteiger partial charge >= 0.3 is 0 Å². The van der Waals surface area contributed by atoms with Gasteiger partial charge in [-0.2, -0.15) is 5.26 Å². The summed E-state index contributed by atoms with van der Waals surface area (Å²) in [6.45, 7) is 3.28. The number of nitrogens with zero attached hydrogens (tertiary/aromatic N) is 3. The molecule has 0 aromatic heterocycles. The lowest BCUT2D eigenvalue weighted by Crippen LogP contribution is -2.48. The SMILES string of the molecule is N#Cc1cccc(C(=O)N2CCN(Cc3ccc(F)cc3Cl)CC2)c1. The molecule has 0 unspecified atom stereocenters. The molecular formula is C19H17ClFN3O. The second-order valence-electron chi connectivity index (χ2n) is 6.00. The zero-order valence-electron chi connectivity index (χ0n) is 13.6. The molecule has 1 heterocycles. The van der Waals surface area contributed by atoms with E-state index in [-0.39, 0.29) is 11.7 Å². The van der Waals surface area contributed by atoms with Crippen molar-refractivity contribution in [2.24, 2.45) is 0 Å². The zero-order valence-corrected chi connectivity index (χ0v) is 14.3. The molecule has 4 nitrogen and oxygen atoms in total. The Morgan fingerprint density at radius 3 is 2.60 bits per heavy atom. The molecule has 1 saturated heterocycles. The van der Waals surface area contributed by atoms with Crippen LogP contribution < -0.4 is 0 Å². The van der Waals surface area contributed by atoms with E-state index in [0.29, 0.717) is 35.8 Å². The maximum Gasteiger partial charge on any atom is 0.253 e. The third-order valence-corrected chi connectivity index (χ3v) is 4.66. The van der Waals surface area contributed by atoms with Crippen LogP contribution in [0, 0.1) is 17.1 Å².